The molecule has 0 spiro atoms. The first-order valence-corrected chi connectivity index (χ1v) is 9.16. The molecule has 2 N–H and O–H groups in total. The van der Waals surface area contributed by atoms with Crippen molar-refractivity contribution >= 4 is 45.3 Å². The number of nitrogens with one attached hydrogen (secondary N) is 2. The number of nitrogens with zero attached hydrogens (tertiary/aromatic N) is 2. The van der Waals surface area contributed by atoms with Gasteiger partial charge in [-0.2, -0.15) is 0 Å². The van der Waals surface area contributed by atoms with Gasteiger partial charge in [-0.25, -0.2) is 14.8 Å². The lowest BCUT2D eigenvalue weighted by molar-refractivity contribution is -0.117. The molecule has 0 aromatic carbocycles. The van der Waals surface area contributed by atoms with Crippen LogP contribution in [0.2, 0.25) is 0 Å². The Morgan fingerprint density at radius 3 is 2.78 bits per heavy atom. The molecule has 8 heteroatoms. The van der Waals surface area contributed by atoms with Crippen molar-refractivity contribution in [3.8, 4) is 0 Å². The van der Waals surface area contributed by atoms with Crippen LogP contribution >= 0.6 is 23.1 Å². The fraction of sp³-hybridized carbons (Fsp3) is 0.467. The van der Waals surface area contributed by atoms with E-state index in [2.05, 4.69) is 20.6 Å². The first-order chi connectivity index (χ1) is 10.9. The van der Waals surface area contributed by atoms with Gasteiger partial charge in [-0.05, 0) is 32.8 Å². The molecule has 1 atom stereocenters. The van der Waals surface area contributed by atoms with E-state index in [1.54, 1.807) is 11.3 Å². The van der Waals surface area contributed by atoms with Gasteiger partial charge >= 0.3 is 6.03 Å². The van der Waals surface area contributed by atoms with Crippen molar-refractivity contribution in [3.63, 3.8) is 0 Å². The molecule has 23 heavy (non-hydrogen) atoms. The summed E-state index contributed by atoms with van der Waals surface area (Å²) < 4.78 is 0. The number of thioether (sulfide) groups is 1. The van der Waals surface area contributed by atoms with Crippen LogP contribution in [0.15, 0.2) is 11.4 Å². The summed E-state index contributed by atoms with van der Waals surface area (Å²) in [5.74, 6) is -0.207. The van der Waals surface area contributed by atoms with Crippen molar-refractivity contribution in [2.75, 3.05) is 5.75 Å². The van der Waals surface area contributed by atoms with Crippen LogP contribution in [0.25, 0.3) is 10.2 Å². The van der Waals surface area contributed by atoms with E-state index >= 15 is 0 Å². The van der Waals surface area contributed by atoms with Gasteiger partial charge in [0.2, 0.25) is 5.91 Å². The van der Waals surface area contributed by atoms with Crippen molar-refractivity contribution in [1.29, 1.82) is 0 Å². The normalized spacial score (nSPS) is 12.2. The molecule has 0 unspecified atom stereocenters. The predicted octanol–water partition coefficient (Wildman–Crippen LogP) is 3.02. The number of hydrogen-bond donors (Lipinski definition) is 2. The number of hydrogen-bond acceptors (Lipinski definition) is 6. The van der Waals surface area contributed by atoms with Crippen molar-refractivity contribution in [1.82, 2.24) is 20.6 Å². The highest BCUT2D eigenvalue weighted by atomic mass is 32.2. The summed E-state index contributed by atoms with van der Waals surface area (Å²) in [7, 11) is 0. The first-order valence-electron chi connectivity index (χ1n) is 7.36. The van der Waals surface area contributed by atoms with Gasteiger partial charge < -0.3 is 5.32 Å². The summed E-state index contributed by atoms with van der Waals surface area (Å²) in [6, 6.07) is -0.422. The van der Waals surface area contributed by atoms with E-state index in [0.29, 0.717) is 0 Å². The SMILES string of the molecule is CC[C@H](C)NC(=O)NC(=O)CSc1ncnc2sc(C)c(C)c12. The van der Waals surface area contributed by atoms with E-state index in [9.17, 15) is 9.59 Å². The van der Waals surface area contributed by atoms with Gasteiger partial charge in [0.1, 0.15) is 16.2 Å². The van der Waals surface area contributed by atoms with Gasteiger partial charge in [0.25, 0.3) is 0 Å². The molecule has 0 aliphatic heterocycles. The second kappa shape index (κ2) is 7.74. The molecule has 0 bridgehead atoms. The van der Waals surface area contributed by atoms with Crippen LogP contribution in [0, 0.1) is 13.8 Å². The van der Waals surface area contributed by atoms with Crippen LogP contribution < -0.4 is 10.6 Å². The number of urea groups is 1. The monoisotopic (exact) mass is 352 g/mol. The number of aromatic nitrogens is 2. The van der Waals surface area contributed by atoms with E-state index in [0.717, 1.165) is 27.2 Å². The molecule has 2 rings (SSSR count). The minimum Gasteiger partial charge on any atom is -0.335 e. The van der Waals surface area contributed by atoms with Crippen molar-refractivity contribution in [2.24, 2.45) is 0 Å². The lowest BCUT2D eigenvalue weighted by Gasteiger charge is -2.11. The maximum atomic E-state index is 11.9. The number of fused-ring (bicyclic) bond motifs is 1. The van der Waals surface area contributed by atoms with Gasteiger partial charge in [-0.15, -0.1) is 11.3 Å². The molecule has 0 aliphatic rings. The number of aryl methyl sites for hydroxylation is 2. The lowest BCUT2D eigenvalue weighted by atomic mass is 10.2. The van der Waals surface area contributed by atoms with Crippen molar-refractivity contribution in [3.05, 3.63) is 16.8 Å². The van der Waals surface area contributed by atoms with Gasteiger partial charge in [-0.3, -0.25) is 10.1 Å². The minimum atomic E-state index is -0.458. The third-order valence-corrected chi connectivity index (χ3v) is 5.62. The Morgan fingerprint density at radius 1 is 1.35 bits per heavy atom. The van der Waals surface area contributed by atoms with Gasteiger partial charge in [0.05, 0.1) is 5.75 Å². The zero-order valence-corrected chi connectivity index (χ0v) is 15.2. The third-order valence-electron chi connectivity index (χ3n) is 3.51. The number of imide groups is 1. The molecule has 0 radical (unpaired) electrons. The molecule has 124 valence electrons. The molecule has 0 saturated heterocycles. The van der Waals surface area contributed by atoms with Crippen molar-refractivity contribution in [2.45, 2.75) is 45.2 Å². The number of amides is 3. The number of carbonyl (C=O) groups excluding carboxylic acids is 2. The van der Waals surface area contributed by atoms with Crippen LogP contribution in [0.5, 0.6) is 0 Å². The lowest BCUT2D eigenvalue weighted by Crippen LogP contribution is -2.43. The summed E-state index contributed by atoms with van der Waals surface area (Å²) in [6.07, 6.45) is 2.32. The highest BCUT2D eigenvalue weighted by Crippen LogP contribution is 2.34. The van der Waals surface area contributed by atoms with Crippen LogP contribution in [0.3, 0.4) is 0 Å². The average Bonchev–Trinajstić information content (AvgIpc) is 2.80. The predicted molar refractivity (Wildman–Crippen MR) is 94.0 cm³/mol. The number of carbonyl (C=O) groups is 2. The summed E-state index contributed by atoms with van der Waals surface area (Å²) in [5, 5.41) is 6.80. The van der Waals surface area contributed by atoms with Crippen LogP contribution in [0.1, 0.15) is 30.7 Å². The molecule has 6 nitrogen and oxygen atoms in total. The summed E-state index contributed by atoms with van der Waals surface area (Å²) in [5.41, 5.74) is 1.14. The Morgan fingerprint density at radius 2 is 2.09 bits per heavy atom. The second-order valence-electron chi connectivity index (χ2n) is 5.26. The fourth-order valence-corrected chi connectivity index (χ4v) is 3.84. The molecule has 2 aromatic heterocycles. The Bertz CT molecular complexity index is 730. The Balaban J connectivity index is 1.98. The highest BCUT2D eigenvalue weighted by Gasteiger charge is 2.15. The topological polar surface area (TPSA) is 84.0 Å². The third kappa shape index (κ3) is 4.42. The molecule has 2 aromatic rings. The molecule has 3 amide bonds. The molecule has 0 aliphatic carbocycles. The highest BCUT2D eigenvalue weighted by molar-refractivity contribution is 8.00. The van der Waals surface area contributed by atoms with Crippen LogP contribution in [-0.4, -0.2) is 33.7 Å². The van der Waals surface area contributed by atoms with E-state index in [4.69, 9.17) is 0 Å². The van der Waals surface area contributed by atoms with Gasteiger partial charge in [-0.1, -0.05) is 18.7 Å². The summed E-state index contributed by atoms with van der Waals surface area (Å²) >= 11 is 2.93. The fourth-order valence-electron chi connectivity index (χ4n) is 1.92. The largest absolute Gasteiger partial charge is 0.335 e. The maximum Gasteiger partial charge on any atom is 0.321 e. The molecular formula is C15H20N4O2S2. The summed E-state index contributed by atoms with van der Waals surface area (Å²) in [6.45, 7) is 7.93. The van der Waals surface area contributed by atoms with E-state index < -0.39 is 6.03 Å². The van der Waals surface area contributed by atoms with Crippen molar-refractivity contribution < 1.29 is 9.59 Å². The quantitative estimate of drug-likeness (QED) is 0.638. The first kappa shape index (κ1) is 17.7. The smallest absolute Gasteiger partial charge is 0.321 e. The van der Waals surface area contributed by atoms with E-state index in [-0.39, 0.29) is 17.7 Å². The second-order valence-corrected chi connectivity index (χ2v) is 7.43. The minimum absolute atomic E-state index is 0.0355. The van der Waals surface area contributed by atoms with Gasteiger partial charge in [0, 0.05) is 16.3 Å². The van der Waals surface area contributed by atoms with E-state index in [1.807, 2.05) is 27.7 Å². The van der Waals surface area contributed by atoms with Crippen LogP contribution in [-0.2, 0) is 4.79 Å². The Labute approximate surface area is 143 Å². The summed E-state index contributed by atoms with van der Waals surface area (Å²) in [4.78, 5) is 34.2. The molecule has 2 heterocycles. The zero-order chi connectivity index (χ0) is 17.0. The standard InChI is InChI=1S/C15H20N4O2S2/c1-5-8(2)18-15(21)19-11(20)6-22-13-12-9(3)10(4)23-14(12)17-7-16-13/h7-8H,5-6H2,1-4H3,(H2,18,19,20,21)/t8-/m0/s1. The van der Waals surface area contributed by atoms with E-state index in [1.165, 1.54) is 23.0 Å². The molecular weight excluding hydrogens is 332 g/mol. The maximum absolute atomic E-state index is 11.9. The number of thiophene rings is 1. The molecule has 0 fully saturated rings. The Hall–Kier alpha value is -1.67. The van der Waals surface area contributed by atoms with Crippen LogP contribution in [0.4, 0.5) is 4.79 Å². The van der Waals surface area contributed by atoms with Gasteiger partial charge in [0.15, 0.2) is 0 Å². The molecule has 0 saturated carbocycles. The Kier molecular flexibility index (Phi) is 5.95. The average molecular weight is 352 g/mol. The zero-order valence-electron chi connectivity index (χ0n) is 13.6. The number of rotatable bonds is 5.